The molecule has 0 fully saturated rings. The molecule has 0 radical (unpaired) electrons. The molecule has 0 atom stereocenters. The Balaban J connectivity index is 2.39. The first-order valence-electron chi connectivity index (χ1n) is 7.49. The maximum absolute atomic E-state index is 8.19. The van der Waals surface area contributed by atoms with Crippen LogP contribution in [-0.2, 0) is 0 Å². The zero-order valence-corrected chi connectivity index (χ0v) is 8.96. The van der Waals surface area contributed by atoms with Crippen LogP contribution in [0.15, 0.2) is 60.6 Å². The Kier molecular flexibility index (Phi) is 1.07. The summed E-state index contributed by atoms with van der Waals surface area (Å²) in [6.45, 7) is 0. The van der Waals surface area contributed by atoms with Crippen LogP contribution < -0.4 is 0 Å². The van der Waals surface area contributed by atoms with Crippen molar-refractivity contribution in [3.63, 3.8) is 0 Å². The second-order valence-electron chi connectivity index (χ2n) is 4.08. The number of aromatic amines is 1. The van der Waals surface area contributed by atoms with Gasteiger partial charge in [0, 0.05) is 21.8 Å². The first kappa shape index (κ1) is 5.87. The predicted molar refractivity (Wildman–Crippen MR) is 73.3 cm³/mol. The van der Waals surface area contributed by atoms with Crippen molar-refractivity contribution in [3.05, 3.63) is 60.6 Å². The summed E-state index contributed by atoms with van der Waals surface area (Å²) in [5, 5.41) is 3.47. The van der Waals surface area contributed by atoms with E-state index in [0.29, 0.717) is 10.9 Å². The molecule has 0 spiro atoms. The van der Waals surface area contributed by atoms with Crippen LogP contribution in [-0.4, -0.2) is 4.98 Å². The van der Waals surface area contributed by atoms with E-state index >= 15 is 0 Å². The minimum Gasteiger partial charge on any atom is -0.354 e. The van der Waals surface area contributed by atoms with Crippen LogP contribution in [0.4, 0.5) is 0 Å². The number of para-hydroxylation sites is 1. The number of hydrogen-bond donors (Lipinski definition) is 1. The molecule has 80 valence electrons. The van der Waals surface area contributed by atoms with E-state index in [1.165, 1.54) is 0 Å². The molecular formula is C16H11N. The molecule has 0 aliphatic carbocycles. The molecule has 3 aromatic carbocycles. The third kappa shape index (κ3) is 1.14. The molecule has 1 nitrogen and oxygen atoms in total. The van der Waals surface area contributed by atoms with Gasteiger partial charge >= 0.3 is 0 Å². The van der Waals surface area contributed by atoms with Crippen molar-refractivity contribution in [3.8, 4) is 0 Å². The van der Waals surface area contributed by atoms with Gasteiger partial charge < -0.3 is 4.98 Å². The van der Waals surface area contributed by atoms with Gasteiger partial charge in [0.2, 0.25) is 0 Å². The van der Waals surface area contributed by atoms with E-state index in [9.17, 15) is 0 Å². The molecular weight excluding hydrogens is 206 g/mol. The van der Waals surface area contributed by atoms with E-state index in [4.69, 9.17) is 5.48 Å². The van der Waals surface area contributed by atoms with Gasteiger partial charge in [-0.2, -0.15) is 0 Å². The van der Waals surface area contributed by atoms with Gasteiger partial charge in [-0.3, -0.25) is 0 Å². The van der Waals surface area contributed by atoms with Crippen molar-refractivity contribution in [2.75, 3.05) is 0 Å². The summed E-state index contributed by atoms with van der Waals surface area (Å²) in [5.41, 5.74) is 1.29. The molecule has 0 saturated carbocycles. The maximum Gasteiger partial charge on any atom is 0.0645 e. The quantitative estimate of drug-likeness (QED) is 0.451. The normalized spacial score (nSPS) is 14.8. The number of fused-ring (bicyclic) bond motifs is 5. The number of H-pyrrole nitrogens is 1. The van der Waals surface area contributed by atoms with Crippen LogP contribution in [0.2, 0.25) is 0 Å². The SMILES string of the molecule is [2H]c1c([2H])c([2H])c2c([nH]c3ccc4ccccc4c32)c1[2H]. The van der Waals surface area contributed by atoms with E-state index in [1.54, 1.807) is 0 Å². The minimum atomic E-state index is -0.205. The van der Waals surface area contributed by atoms with Gasteiger partial charge in [0.05, 0.1) is 5.48 Å². The van der Waals surface area contributed by atoms with Crippen LogP contribution in [0.25, 0.3) is 32.6 Å². The molecule has 0 bridgehead atoms. The van der Waals surface area contributed by atoms with Crippen LogP contribution in [0.1, 0.15) is 5.48 Å². The van der Waals surface area contributed by atoms with E-state index in [-0.39, 0.29) is 24.2 Å². The number of benzene rings is 3. The van der Waals surface area contributed by atoms with Crippen molar-refractivity contribution in [1.82, 2.24) is 4.98 Å². The molecule has 1 heteroatoms. The highest BCUT2D eigenvalue weighted by molar-refractivity contribution is 6.20. The second-order valence-corrected chi connectivity index (χ2v) is 4.08. The summed E-state index contributed by atoms with van der Waals surface area (Å²) in [5.74, 6) is 0. The van der Waals surface area contributed by atoms with E-state index in [1.807, 2.05) is 36.4 Å². The number of nitrogens with one attached hydrogen (secondary N) is 1. The summed E-state index contributed by atoms with van der Waals surface area (Å²) in [6, 6.07) is 11.4. The molecule has 0 aliphatic rings. The third-order valence-electron chi connectivity index (χ3n) is 3.13. The summed E-state index contributed by atoms with van der Waals surface area (Å²) in [6.07, 6.45) is 0. The fraction of sp³-hybridized carbons (Fsp3) is 0. The molecule has 0 saturated heterocycles. The summed E-state index contributed by atoms with van der Waals surface area (Å²) in [7, 11) is 0. The predicted octanol–water partition coefficient (Wildman–Crippen LogP) is 4.47. The monoisotopic (exact) mass is 221 g/mol. The van der Waals surface area contributed by atoms with Crippen molar-refractivity contribution in [1.29, 1.82) is 0 Å². The molecule has 4 rings (SSSR count). The van der Waals surface area contributed by atoms with Crippen molar-refractivity contribution >= 4 is 32.6 Å². The lowest BCUT2D eigenvalue weighted by Gasteiger charge is -1.99. The van der Waals surface area contributed by atoms with Gasteiger partial charge in [-0.15, -0.1) is 0 Å². The summed E-state index contributed by atoms with van der Waals surface area (Å²) >= 11 is 0. The van der Waals surface area contributed by atoms with E-state index in [2.05, 4.69) is 4.98 Å². The Morgan fingerprint density at radius 2 is 1.71 bits per heavy atom. The smallest absolute Gasteiger partial charge is 0.0645 e. The van der Waals surface area contributed by atoms with Gasteiger partial charge in [-0.05, 0) is 22.9 Å². The fourth-order valence-corrected chi connectivity index (χ4v) is 2.37. The standard InChI is InChI=1S/C16H11N/c1-2-6-12-11(5-1)9-10-15-16(12)13-7-3-4-8-14(13)17-15/h1-10,17H/i3D,4D,7D,8D. The number of hydrogen-bond acceptors (Lipinski definition) is 0. The largest absolute Gasteiger partial charge is 0.354 e. The minimum absolute atomic E-state index is 0.00797. The number of rotatable bonds is 0. The lowest BCUT2D eigenvalue weighted by molar-refractivity contribution is 1.55. The zero-order valence-electron chi connectivity index (χ0n) is 13.0. The first-order chi connectivity index (χ1) is 10.1. The van der Waals surface area contributed by atoms with E-state index in [0.717, 1.165) is 21.7 Å². The molecule has 0 amide bonds. The molecule has 1 aromatic heterocycles. The fourth-order valence-electron chi connectivity index (χ4n) is 2.37. The van der Waals surface area contributed by atoms with Crippen molar-refractivity contribution < 1.29 is 5.48 Å². The maximum atomic E-state index is 8.19. The Hall–Kier alpha value is -2.28. The Labute approximate surface area is 104 Å². The molecule has 0 unspecified atom stereocenters. The van der Waals surface area contributed by atoms with Crippen molar-refractivity contribution in [2.24, 2.45) is 0 Å². The highest BCUT2D eigenvalue weighted by Gasteiger charge is 2.06. The zero-order chi connectivity index (χ0) is 14.7. The van der Waals surface area contributed by atoms with Gasteiger partial charge in [-0.1, -0.05) is 48.5 Å². The van der Waals surface area contributed by atoms with Crippen LogP contribution in [0.3, 0.4) is 0 Å². The summed E-state index contributed by atoms with van der Waals surface area (Å²) < 4.78 is 31.9. The highest BCUT2D eigenvalue weighted by Crippen LogP contribution is 2.31. The highest BCUT2D eigenvalue weighted by atomic mass is 14.7. The molecule has 17 heavy (non-hydrogen) atoms. The molecule has 1 N–H and O–H groups in total. The molecule has 4 aromatic rings. The number of aromatic nitrogens is 1. The second kappa shape index (κ2) is 3.11. The Morgan fingerprint density at radius 1 is 0.824 bits per heavy atom. The van der Waals surface area contributed by atoms with Gasteiger partial charge in [-0.25, -0.2) is 0 Å². The summed E-state index contributed by atoms with van der Waals surface area (Å²) in [4.78, 5) is 3.14. The van der Waals surface area contributed by atoms with Crippen LogP contribution in [0, 0.1) is 0 Å². The van der Waals surface area contributed by atoms with Crippen LogP contribution >= 0.6 is 0 Å². The lowest BCUT2D eigenvalue weighted by Crippen LogP contribution is -1.73. The first-order valence-corrected chi connectivity index (χ1v) is 5.49. The van der Waals surface area contributed by atoms with Gasteiger partial charge in [0.15, 0.2) is 0 Å². The van der Waals surface area contributed by atoms with Crippen LogP contribution in [0.5, 0.6) is 0 Å². The van der Waals surface area contributed by atoms with Gasteiger partial charge in [0.25, 0.3) is 0 Å². The third-order valence-corrected chi connectivity index (χ3v) is 3.13. The Bertz CT molecular complexity index is 1030. The average Bonchev–Trinajstić information content (AvgIpc) is 2.91. The lowest BCUT2D eigenvalue weighted by atomic mass is 10.0. The topological polar surface area (TPSA) is 15.8 Å². The van der Waals surface area contributed by atoms with E-state index < -0.39 is 0 Å². The Morgan fingerprint density at radius 3 is 2.71 bits per heavy atom. The van der Waals surface area contributed by atoms with Crippen molar-refractivity contribution in [2.45, 2.75) is 0 Å². The molecule has 1 heterocycles. The molecule has 0 aliphatic heterocycles. The average molecular weight is 221 g/mol. The van der Waals surface area contributed by atoms with Gasteiger partial charge in [0.1, 0.15) is 0 Å².